The van der Waals surface area contributed by atoms with Gasteiger partial charge in [0.2, 0.25) is 10.0 Å². The number of sulfonamides is 1. The first-order valence-corrected chi connectivity index (χ1v) is 14.0. The van der Waals surface area contributed by atoms with Crippen LogP contribution in [0.1, 0.15) is 57.9 Å². The highest BCUT2D eigenvalue weighted by Gasteiger charge is 2.51. The van der Waals surface area contributed by atoms with Gasteiger partial charge in [-0.2, -0.15) is 0 Å². The average Bonchev–Trinajstić information content (AvgIpc) is 3.20. The Balaban J connectivity index is 1.89. The van der Waals surface area contributed by atoms with Crippen LogP contribution >= 0.6 is 0 Å². The van der Waals surface area contributed by atoms with Gasteiger partial charge in [0, 0.05) is 6.42 Å². The van der Waals surface area contributed by atoms with E-state index >= 15 is 0 Å². The van der Waals surface area contributed by atoms with Gasteiger partial charge in [-0.1, -0.05) is 26.2 Å². The van der Waals surface area contributed by atoms with Crippen LogP contribution in [-0.2, 0) is 35.4 Å². The summed E-state index contributed by atoms with van der Waals surface area (Å²) in [6.07, 6.45) is 4.00. The Kier molecular flexibility index (Phi) is 9.87. The number of carbonyl (C=O) groups excluding carboxylic acids is 1. The zero-order chi connectivity index (χ0) is 26.3. The molecule has 3 N–H and O–H groups in total. The molecule has 202 valence electrons. The number of rotatable bonds is 12. The number of ether oxygens (including phenoxy) is 3. The Morgan fingerprint density at radius 3 is 2.47 bits per heavy atom. The molecular weight excluding hydrogens is 493 g/mol. The first kappa shape index (κ1) is 28.5. The lowest BCUT2D eigenvalue weighted by molar-refractivity contribution is -0.154. The Labute approximate surface area is 211 Å². The predicted octanol–water partition coefficient (Wildman–Crippen LogP) is 2.81. The lowest BCUT2D eigenvalue weighted by Crippen LogP contribution is -2.43. The topological polar surface area (TPSA) is 131 Å². The minimum absolute atomic E-state index is 0.0312. The number of aliphatic hydroxyl groups excluding tert-OH is 2. The summed E-state index contributed by atoms with van der Waals surface area (Å²) in [7, 11) is -4.16. The molecule has 9 nitrogen and oxygen atoms in total. The largest absolute Gasteiger partial charge is 0.463 e. The van der Waals surface area contributed by atoms with Crippen LogP contribution < -0.4 is 4.72 Å². The molecule has 1 fully saturated rings. The number of anilines is 1. The summed E-state index contributed by atoms with van der Waals surface area (Å²) in [6.45, 7) is 2.90. The molecule has 0 aromatic heterocycles. The van der Waals surface area contributed by atoms with Crippen molar-refractivity contribution in [3.63, 3.8) is 0 Å². The molecule has 2 aliphatic rings. The summed E-state index contributed by atoms with van der Waals surface area (Å²) in [4.78, 5) is 12.8. The fourth-order valence-electron chi connectivity index (χ4n) is 4.64. The Hall–Kier alpha value is -2.05. The molecule has 0 bridgehead atoms. The van der Waals surface area contributed by atoms with Crippen molar-refractivity contribution in [1.82, 2.24) is 0 Å². The van der Waals surface area contributed by atoms with Crippen LogP contribution in [0.25, 0.3) is 0 Å². The number of esters is 1. The van der Waals surface area contributed by atoms with Crippen LogP contribution in [0.4, 0.5) is 10.1 Å². The fourth-order valence-corrected chi connectivity index (χ4v) is 6.21. The standard InChI is InChI=1S/C25H36FNO8S/c1-3-5-6-7-8-17-13-18(26)9-10-20(17)27-36(31,32)23-11-12-25(14-19(23)24(30)33-4-2)34-21(15-28)22(16-29)35-25/h9-10,13-14,21-23,27-29H,3-8,11-12,15-16H2,1-2H3/t21-,22-,23?/m1/s1. The molecule has 3 atom stereocenters. The van der Waals surface area contributed by atoms with Crippen molar-refractivity contribution in [2.75, 3.05) is 24.5 Å². The SMILES string of the molecule is CCCCCCc1cc(F)ccc1NS(=O)(=O)C1CCC2(C=C1C(=O)OCC)O[C@H](CO)[C@@H](CO)O2. The molecule has 1 aliphatic carbocycles. The average molecular weight is 530 g/mol. The van der Waals surface area contributed by atoms with E-state index in [-0.39, 0.29) is 30.7 Å². The summed E-state index contributed by atoms with van der Waals surface area (Å²) < 4.78 is 60.3. The quantitative estimate of drug-likeness (QED) is 0.278. The summed E-state index contributed by atoms with van der Waals surface area (Å²) in [5.74, 6) is -2.75. The van der Waals surface area contributed by atoms with E-state index in [9.17, 15) is 27.8 Å². The lowest BCUT2D eigenvalue weighted by atomic mass is 9.94. The maximum absolute atomic E-state index is 13.9. The van der Waals surface area contributed by atoms with Crippen molar-refractivity contribution in [1.29, 1.82) is 0 Å². The molecule has 0 radical (unpaired) electrons. The Bertz CT molecular complexity index is 1030. The van der Waals surface area contributed by atoms with E-state index in [4.69, 9.17) is 14.2 Å². The van der Waals surface area contributed by atoms with Crippen molar-refractivity contribution in [3.05, 3.63) is 41.2 Å². The third-order valence-corrected chi connectivity index (χ3v) is 8.20. The molecule has 1 aromatic carbocycles. The van der Waals surface area contributed by atoms with Gasteiger partial charge in [0.1, 0.15) is 23.3 Å². The van der Waals surface area contributed by atoms with E-state index in [1.807, 2.05) is 0 Å². The second-order valence-corrected chi connectivity index (χ2v) is 11.0. The van der Waals surface area contributed by atoms with Crippen LogP contribution in [0.3, 0.4) is 0 Å². The monoisotopic (exact) mass is 529 g/mol. The van der Waals surface area contributed by atoms with E-state index in [0.29, 0.717) is 12.0 Å². The second kappa shape index (κ2) is 12.5. The molecule has 3 rings (SSSR count). The predicted molar refractivity (Wildman–Crippen MR) is 131 cm³/mol. The number of halogens is 1. The maximum atomic E-state index is 13.9. The summed E-state index contributed by atoms with van der Waals surface area (Å²) in [5, 5.41) is 17.9. The highest BCUT2D eigenvalue weighted by molar-refractivity contribution is 7.93. The molecule has 1 aliphatic heterocycles. The molecule has 11 heteroatoms. The van der Waals surface area contributed by atoms with E-state index in [0.717, 1.165) is 25.7 Å². The second-order valence-electron chi connectivity index (χ2n) is 9.10. The van der Waals surface area contributed by atoms with Crippen LogP contribution in [-0.4, -0.2) is 67.7 Å². The summed E-state index contributed by atoms with van der Waals surface area (Å²) in [5.41, 5.74) is 0.658. The smallest absolute Gasteiger partial charge is 0.335 e. The number of hydrogen-bond acceptors (Lipinski definition) is 8. The van der Waals surface area contributed by atoms with Crippen molar-refractivity contribution in [3.8, 4) is 0 Å². The van der Waals surface area contributed by atoms with Crippen molar-refractivity contribution in [2.45, 2.75) is 82.0 Å². The van der Waals surface area contributed by atoms with Crippen molar-refractivity contribution in [2.24, 2.45) is 0 Å². The zero-order valence-corrected chi connectivity index (χ0v) is 21.6. The summed E-state index contributed by atoms with van der Waals surface area (Å²) >= 11 is 0. The summed E-state index contributed by atoms with van der Waals surface area (Å²) in [6, 6.07) is 3.91. The van der Waals surface area contributed by atoms with Crippen LogP contribution in [0.2, 0.25) is 0 Å². The highest BCUT2D eigenvalue weighted by atomic mass is 32.2. The maximum Gasteiger partial charge on any atom is 0.335 e. The van der Waals surface area contributed by atoms with Crippen molar-refractivity contribution < 1.29 is 42.0 Å². The molecule has 0 amide bonds. The van der Waals surface area contributed by atoms with Crippen LogP contribution in [0.15, 0.2) is 29.8 Å². The lowest BCUT2D eigenvalue weighted by Gasteiger charge is -2.33. The molecule has 0 saturated carbocycles. The van der Waals surface area contributed by atoms with Gasteiger partial charge >= 0.3 is 5.97 Å². The number of benzene rings is 1. The Morgan fingerprint density at radius 1 is 1.17 bits per heavy atom. The van der Waals surface area contributed by atoms with Gasteiger partial charge in [-0.05, 0) is 56.0 Å². The molecule has 1 saturated heterocycles. The highest BCUT2D eigenvalue weighted by Crippen LogP contribution is 2.41. The van der Waals surface area contributed by atoms with Gasteiger partial charge in [-0.25, -0.2) is 17.6 Å². The first-order valence-electron chi connectivity index (χ1n) is 12.5. The van der Waals surface area contributed by atoms with Gasteiger partial charge < -0.3 is 24.4 Å². The van der Waals surface area contributed by atoms with E-state index < -0.39 is 58.3 Å². The minimum atomic E-state index is -4.16. The van der Waals surface area contributed by atoms with E-state index in [1.165, 1.54) is 24.3 Å². The molecule has 1 aromatic rings. The fraction of sp³-hybridized carbons (Fsp3) is 0.640. The van der Waals surface area contributed by atoms with E-state index in [1.54, 1.807) is 6.92 Å². The molecule has 1 heterocycles. The number of hydrogen-bond donors (Lipinski definition) is 3. The number of carbonyl (C=O) groups is 1. The number of aliphatic hydroxyl groups is 2. The molecular formula is C25H36FNO8S. The van der Waals surface area contributed by atoms with Gasteiger partial charge in [-0.15, -0.1) is 0 Å². The number of nitrogens with one attached hydrogen (secondary N) is 1. The first-order chi connectivity index (χ1) is 17.2. The minimum Gasteiger partial charge on any atom is -0.463 e. The van der Waals surface area contributed by atoms with Crippen LogP contribution in [0, 0.1) is 5.82 Å². The van der Waals surface area contributed by atoms with Gasteiger partial charge in [0.15, 0.2) is 5.79 Å². The van der Waals surface area contributed by atoms with Crippen molar-refractivity contribution >= 4 is 21.7 Å². The number of unbranched alkanes of at least 4 members (excludes halogenated alkanes) is 3. The van der Waals surface area contributed by atoms with E-state index in [2.05, 4.69) is 11.6 Å². The van der Waals surface area contributed by atoms with Gasteiger partial charge in [-0.3, -0.25) is 4.72 Å². The zero-order valence-electron chi connectivity index (χ0n) is 20.7. The third kappa shape index (κ3) is 6.63. The van der Waals surface area contributed by atoms with Gasteiger partial charge in [0.05, 0.1) is 31.1 Å². The molecule has 1 unspecified atom stereocenters. The van der Waals surface area contributed by atoms with Crippen LogP contribution in [0.5, 0.6) is 0 Å². The molecule has 36 heavy (non-hydrogen) atoms. The molecule has 1 spiro atoms. The third-order valence-electron chi connectivity index (χ3n) is 6.46. The Morgan fingerprint density at radius 2 is 1.86 bits per heavy atom. The normalized spacial score (nSPS) is 23.5. The van der Waals surface area contributed by atoms with Gasteiger partial charge in [0.25, 0.3) is 0 Å². The number of aryl methyl sites for hydroxylation is 1.